The molecule has 0 bridgehead atoms. The summed E-state index contributed by atoms with van der Waals surface area (Å²) in [6, 6.07) is 63.8. The Kier molecular flexibility index (Phi) is 6.56. The highest BCUT2D eigenvalue weighted by molar-refractivity contribution is 6.06. The molecular formula is C49H35NO. The molecule has 1 aliphatic carbocycles. The summed E-state index contributed by atoms with van der Waals surface area (Å²) < 4.78 is 6.09. The molecule has 1 aromatic heterocycles. The summed E-state index contributed by atoms with van der Waals surface area (Å²) in [4.78, 5) is 2.37. The van der Waals surface area contributed by atoms with Crippen LogP contribution in [-0.2, 0) is 5.41 Å². The number of fused-ring (bicyclic) bond motifs is 7. The Morgan fingerprint density at radius 3 is 1.80 bits per heavy atom. The lowest BCUT2D eigenvalue weighted by Crippen LogP contribution is -2.16. The molecular weight excluding hydrogens is 619 g/mol. The lowest BCUT2D eigenvalue weighted by Gasteiger charge is -2.28. The van der Waals surface area contributed by atoms with E-state index in [1.54, 1.807) is 0 Å². The molecule has 0 amide bonds. The van der Waals surface area contributed by atoms with Crippen LogP contribution in [0.25, 0.3) is 66.1 Å². The Balaban J connectivity index is 1.02. The van der Waals surface area contributed by atoms with Crippen molar-refractivity contribution in [3.63, 3.8) is 0 Å². The molecule has 0 saturated carbocycles. The topological polar surface area (TPSA) is 16.4 Å². The summed E-state index contributed by atoms with van der Waals surface area (Å²) in [5.74, 6) is 0. The van der Waals surface area contributed by atoms with Crippen molar-refractivity contribution < 1.29 is 4.42 Å². The standard InChI is InChI=1S/C49H35NO/c1-49(2)45-30-37(35-17-16-32-10-6-7-11-34(32)28-35)20-25-41(45)42-26-24-40(31-46(42)49)50(38-12-4-3-5-13-38)39-22-18-33(19-23-39)36-21-27-48-44(29-36)43-14-8-9-15-47(43)51-48/h3-31H,1-2H3. The molecule has 0 radical (unpaired) electrons. The van der Waals surface area contributed by atoms with Crippen molar-refractivity contribution in [3.05, 3.63) is 187 Å². The van der Waals surface area contributed by atoms with Gasteiger partial charge in [-0.05, 0) is 122 Å². The SMILES string of the molecule is CC1(C)c2cc(-c3ccc4ccccc4c3)ccc2-c2ccc(N(c3ccccc3)c3ccc(-c4ccc5oc6ccccc6c5c4)cc3)cc21. The Labute approximate surface area is 297 Å². The average molecular weight is 654 g/mol. The fourth-order valence-electron chi connectivity index (χ4n) is 8.15. The van der Waals surface area contributed by atoms with Gasteiger partial charge in [0, 0.05) is 33.2 Å². The number of anilines is 3. The Bertz CT molecular complexity index is 2770. The zero-order chi connectivity index (χ0) is 34.1. The van der Waals surface area contributed by atoms with Gasteiger partial charge in [0.25, 0.3) is 0 Å². The summed E-state index contributed by atoms with van der Waals surface area (Å²) in [6.07, 6.45) is 0. The molecule has 51 heavy (non-hydrogen) atoms. The summed E-state index contributed by atoms with van der Waals surface area (Å²) >= 11 is 0. The molecule has 2 nitrogen and oxygen atoms in total. The molecule has 1 aliphatic rings. The number of rotatable bonds is 5. The summed E-state index contributed by atoms with van der Waals surface area (Å²) in [7, 11) is 0. The second-order valence-corrected chi connectivity index (χ2v) is 14.2. The van der Waals surface area contributed by atoms with Crippen LogP contribution in [0.4, 0.5) is 17.1 Å². The number of nitrogens with zero attached hydrogens (tertiary/aromatic N) is 1. The molecule has 0 atom stereocenters. The fourth-order valence-corrected chi connectivity index (χ4v) is 8.15. The first-order chi connectivity index (χ1) is 25.0. The molecule has 0 fully saturated rings. The molecule has 2 heteroatoms. The molecule has 8 aromatic carbocycles. The van der Waals surface area contributed by atoms with Gasteiger partial charge in [-0.1, -0.05) is 123 Å². The normalized spacial score (nSPS) is 13.1. The fraction of sp³-hybridized carbons (Fsp3) is 0.0612. The first-order valence-corrected chi connectivity index (χ1v) is 17.7. The summed E-state index contributed by atoms with van der Waals surface area (Å²) in [5.41, 5.74) is 15.3. The number of para-hydroxylation sites is 2. The van der Waals surface area contributed by atoms with Crippen LogP contribution < -0.4 is 4.90 Å². The number of furan rings is 1. The van der Waals surface area contributed by atoms with E-state index in [1.165, 1.54) is 55.3 Å². The highest BCUT2D eigenvalue weighted by Gasteiger charge is 2.36. The maximum atomic E-state index is 6.09. The molecule has 9 aromatic rings. The van der Waals surface area contributed by atoms with Crippen molar-refractivity contribution in [1.29, 1.82) is 0 Å². The Hall–Kier alpha value is -6.38. The third-order valence-corrected chi connectivity index (χ3v) is 10.9. The van der Waals surface area contributed by atoms with Gasteiger partial charge >= 0.3 is 0 Å². The van der Waals surface area contributed by atoms with Crippen LogP contribution in [0.5, 0.6) is 0 Å². The van der Waals surface area contributed by atoms with Crippen molar-refractivity contribution >= 4 is 49.8 Å². The van der Waals surface area contributed by atoms with E-state index in [9.17, 15) is 0 Å². The van der Waals surface area contributed by atoms with Gasteiger partial charge < -0.3 is 9.32 Å². The molecule has 0 N–H and O–H groups in total. The summed E-state index contributed by atoms with van der Waals surface area (Å²) in [6.45, 7) is 4.74. The van der Waals surface area contributed by atoms with Crippen molar-refractivity contribution in [2.24, 2.45) is 0 Å². The third-order valence-electron chi connectivity index (χ3n) is 10.9. The van der Waals surface area contributed by atoms with Crippen LogP contribution in [0, 0.1) is 0 Å². The molecule has 0 saturated heterocycles. The van der Waals surface area contributed by atoms with Gasteiger partial charge in [0.2, 0.25) is 0 Å². The quantitative estimate of drug-likeness (QED) is 0.184. The second kappa shape index (κ2) is 11.3. The van der Waals surface area contributed by atoms with Gasteiger partial charge in [-0.2, -0.15) is 0 Å². The van der Waals surface area contributed by atoms with E-state index in [2.05, 4.69) is 183 Å². The minimum atomic E-state index is -0.157. The highest BCUT2D eigenvalue weighted by Crippen LogP contribution is 2.51. The third kappa shape index (κ3) is 4.79. The lowest BCUT2D eigenvalue weighted by molar-refractivity contribution is 0.660. The van der Waals surface area contributed by atoms with Crippen molar-refractivity contribution in [2.45, 2.75) is 19.3 Å². The lowest BCUT2D eigenvalue weighted by atomic mass is 9.81. The summed E-state index contributed by atoms with van der Waals surface area (Å²) in [5, 5.41) is 4.83. The van der Waals surface area contributed by atoms with Crippen LogP contribution >= 0.6 is 0 Å². The van der Waals surface area contributed by atoms with Crippen LogP contribution in [0.2, 0.25) is 0 Å². The van der Waals surface area contributed by atoms with Gasteiger partial charge in [-0.3, -0.25) is 0 Å². The van der Waals surface area contributed by atoms with E-state index in [0.29, 0.717) is 0 Å². The van der Waals surface area contributed by atoms with E-state index >= 15 is 0 Å². The van der Waals surface area contributed by atoms with Gasteiger partial charge in [0.1, 0.15) is 11.2 Å². The number of hydrogen-bond donors (Lipinski definition) is 0. The molecule has 0 unspecified atom stereocenters. The first kappa shape index (κ1) is 29.5. The zero-order valence-electron chi connectivity index (χ0n) is 28.6. The Morgan fingerprint density at radius 2 is 0.961 bits per heavy atom. The maximum Gasteiger partial charge on any atom is 0.135 e. The van der Waals surface area contributed by atoms with Crippen LogP contribution in [0.3, 0.4) is 0 Å². The van der Waals surface area contributed by atoms with Crippen molar-refractivity contribution in [3.8, 4) is 33.4 Å². The van der Waals surface area contributed by atoms with Crippen LogP contribution in [0.1, 0.15) is 25.0 Å². The first-order valence-electron chi connectivity index (χ1n) is 17.7. The predicted octanol–water partition coefficient (Wildman–Crippen LogP) is 13.8. The van der Waals surface area contributed by atoms with E-state index in [0.717, 1.165) is 39.0 Å². The monoisotopic (exact) mass is 653 g/mol. The molecule has 242 valence electrons. The van der Waals surface area contributed by atoms with E-state index in [4.69, 9.17) is 4.42 Å². The van der Waals surface area contributed by atoms with Gasteiger partial charge in [0.15, 0.2) is 0 Å². The highest BCUT2D eigenvalue weighted by atomic mass is 16.3. The van der Waals surface area contributed by atoms with Crippen molar-refractivity contribution in [1.82, 2.24) is 0 Å². The van der Waals surface area contributed by atoms with E-state index in [-0.39, 0.29) is 5.41 Å². The van der Waals surface area contributed by atoms with Crippen LogP contribution in [0.15, 0.2) is 180 Å². The predicted molar refractivity (Wildman–Crippen MR) is 214 cm³/mol. The minimum absolute atomic E-state index is 0.157. The average Bonchev–Trinajstić information content (AvgIpc) is 3.66. The van der Waals surface area contributed by atoms with Gasteiger partial charge in [-0.25, -0.2) is 0 Å². The maximum absolute atomic E-state index is 6.09. The van der Waals surface area contributed by atoms with E-state index < -0.39 is 0 Å². The van der Waals surface area contributed by atoms with E-state index in [1.807, 2.05) is 12.1 Å². The largest absolute Gasteiger partial charge is 0.456 e. The number of hydrogen-bond acceptors (Lipinski definition) is 2. The van der Waals surface area contributed by atoms with Gasteiger partial charge in [0.05, 0.1) is 0 Å². The minimum Gasteiger partial charge on any atom is -0.456 e. The van der Waals surface area contributed by atoms with Crippen molar-refractivity contribution in [2.75, 3.05) is 4.90 Å². The second-order valence-electron chi connectivity index (χ2n) is 14.2. The molecule has 1 heterocycles. The molecule has 0 spiro atoms. The van der Waals surface area contributed by atoms with Gasteiger partial charge in [-0.15, -0.1) is 0 Å². The Morgan fingerprint density at radius 1 is 0.392 bits per heavy atom. The molecule has 10 rings (SSSR count). The molecule has 0 aliphatic heterocycles. The smallest absolute Gasteiger partial charge is 0.135 e. The van der Waals surface area contributed by atoms with Crippen LogP contribution in [-0.4, -0.2) is 0 Å². The number of benzene rings is 8. The zero-order valence-corrected chi connectivity index (χ0v) is 28.6.